The minimum Gasteiger partial charge on any atom is -0.375 e. The Balaban J connectivity index is 1.32. The van der Waals surface area contributed by atoms with Crippen molar-refractivity contribution < 1.29 is 4.74 Å². The summed E-state index contributed by atoms with van der Waals surface area (Å²) in [5.74, 6) is 0. The molecule has 1 aromatic rings. The van der Waals surface area contributed by atoms with Crippen LogP contribution in [0.1, 0.15) is 37.1 Å². The van der Waals surface area contributed by atoms with Gasteiger partial charge in [-0.3, -0.25) is 14.8 Å². The molecule has 0 amide bonds. The number of likely N-dealkylation sites (tertiary alicyclic amines) is 2. The number of pyridine rings is 1. The summed E-state index contributed by atoms with van der Waals surface area (Å²) in [6, 6.07) is 6.95. The van der Waals surface area contributed by atoms with Gasteiger partial charge in [-0.1, -0.05) is 6.07 Å². The Morgan fingerprint density at radius 2 is 1.85 bits per heavy atom. The van der Waals surface area contributed by atoms with Gasteiger partial charge in [-0.2, -0.15) is 0 Å². The Morgan fingerprint density at radius 3 is 2.69 bits per heavy atom. The van der Waals surface area contributed by atoms with E-state index in [1.165, 1.54) is 51.1 Å². The summed E-state index contributed by atoms with van der Waals surface area (Å²) in [4.78, 5) is 12.6. The van der Waals surface area contributed by atoms with Crippen LogP contribution in [-0.2, 0) is 11.3 Å². The predicted molar refractivity (Wildman–Crippen MR) is 104 cm³/mol. The fourth-order valence-electron chi connectivity index (χ4n) is 4.84. The second-order valence-corrected chi connectivity index (χ2v) is 8.19. The molecular formula is C21H34N4O. The van der Waals surface area contributed by atoms with Crippen molar-refractivity contribution >= 4 is 0 Å². The Kier molecular flexibility index (Phi) is 6.20. The number of hydrogen-bond acceptors (Lipinski definition) is 5. The number of fused-ring (bicyclic) bond motifs is 1. The molecule has 5 heteroatoms. The molecule has 3 aliphatic rings. The molecule has 144 valence electrons. The first kappa shape index (κ1) is 18.4. The van der Waals surface area contributed by atoms with E-state index in [0.717, 1.165) is 44.9 Å². The zero-order valence-corrected chi connectivity index (χ0v) is 16.3. The maximum atomic E-state index is 6.18. The number of ether oxygens (including phenoxy) is 1. The molecule has 0 saturated carbocycles. The highest BCUT2D eigenvalue weighted by Crippen LogP contribution is 2.24. The summed E-state index contributed by atoms with van der Waals surface area (Å²) in [5.41, 5.74) is 2.31. The molecule has 4 heterocycles. The van der Waals surface area contributed by atoms with Crippen LogP contribution in [0.5, 0.6) is 0 Å². The van der Waals surface area contributed by atoms with Gasteiger partial charge >= 0.3 is 0 Å². The quantitative estimate of drug-likeness (QED) is 0.805. The fraction of sp³-hybridized carbons (Fsp3) is 0.762. The van der Waals surface area contributed by atoms with E-state index >= 15 is 0 Å². The number of hydrogen-bond donors (Lipinski definition) is 0. The van der Waals surface area contributed by atoms with Crippen molar-refractivity contribution in [3.8, 4) is 0 Å². The monoisotopic (exact) mass is 358 g/mol. The summed E-state index contributed by atoms with van der Waals surface area (Å²) in [5, 5.41) is 0. The maximum Gasteiger partial charge on any atom is 0.0743 e. The molecule has 2 unspecified atom stereocenters. The van der Waals surface area contributed by atoms with Gasteiger partial charge in [-0.25, -0.2) is 0 Å². The minimum atomic E-state index is 0.415. The lowest BCUT2D eigenvalue weighted by atomic mass is 10.0. The van der Waals surface area contributed by atoms with Crippen LogP contribution >= 0.6 is 0 Å². The third kappa shape index (κ3) is 4.63. The lowest BCUT2D eigenvalue weighted by Crippen LogP contribution is -2.52. The van der Waals surface area contributed by atoms with Crippen molar-refractivity contribution in [3.63, 3.8) is 0 Å². The maximum absolute atomic E-state index is 6.18. The number of aromatic nitrogens is 1. The van der Waals surface area contributed by atoms with Gasteiger partial charge in [-0.15, -0.1) is 0 Å². The Labute approximate surface area is 158 Å². The lowest BCUT2D eigenvalue weighted by Gasteiger charge is -2.41. The van der Waals surface area contributed by atoms with E-state index in [0.29, 0.717) is 12.1 Å². The van der Waals surface area contributed by atoms with Crippen LogP contribution in [0.3, 0.4) is 0 Å². The molecule has 0 bridgehead atoms. The first-order valence-corrected chi connectivity index (χ1v) is 10.5. The summed E-state index contributed by atoms with van der Waals surface area (Å²) < 4.78 is 6.18. The van der Waals surface area contributed by atoms with Crippen molar-refractivity contribution in [1.29, 1.82) is 0 Å². The largest absolute Gasteiger partial charge is 0.375 e. The van der Waals surface area contributed by atoms with E-state index in [1.54, 1.807) is 0 Å². The molecular weight excluding hydrogens is 324 g/mol. The molecule has 0 aliphatic carbocycles. The summed E-state index contributed by atoms with van der Waals surface area (Å²) >= 11 is 0. The van der Waals surface area contributed by atoms with Crippen LogP contribution in [0.2, 0.25) is 0 Å². The van der Waals surface area contributed by atoms with Gasteiger partial charge in [0, 0.05) is 51.0 Å². The Hall–Kier alpha value is -1.01. The van der Waals surface area contributed by atoms with E-state index in [4.69, 9.17) is 4.74 Å². The van der Waals surface area contributed by atoms with Gasteiger partial charge in [-0.05, 0) is 57.8 Å². The van der Waals surface area contributed by atoms with Gasteiger partial charge in [0.2, 0.25) is 0 Å². The Bertz CT molecular complexity index is 575. The second kappa shape index (κ2) is 8.79. The molecule has 5 nitrogen and oxygen atoms in total. The third-order valence-corrected chi connectivity index (χ3v) is 6.31. The molecule has 4 rings (SSSR count). The standard InChI is InChI=1S/C21H34N4O/c1-18-5-4-6-19(22-18)17-24-11-7-20-21(8-12-24)26-16-15-25(20)14-13-23-9-2-3-10-23/h4-6,20-21H,2-3,7-17H2,1H3. The first-order chi connectivity index (χ1) is 12.8. The van der Waals surface area contributed by atoms with Crippen molar-refractivity contribution in [2.75, 3.05) is 52.4 Å². The molecule has 0 N–H and O–H groups in total. The summed E-state index contributed by atoms with van der Waals surface area (Å²) in [6.07, 6.45) is 5.55. The van der Waals surface area contributed by atoms with Crippen molar-refractivity contribution in [2.45, 2.75) is 51.3 Å². The smallest absolute Gasteiger partial charge is 0.0743 e. The third-order valence-electron chi connectivity index (χ3n) is 6.31. The zero-order valence-electron chi connectivity index (χ0n) is 16.3. The van der Waals surface area contributed by atoms with Crippen LogP contribution in [0.25, 0.3) is 0 Å². The van der Waals surface area contributed by atoms with Crippen molar-refractivity contribution in [2.24, 2.45) is 0 Å². The van der Waals surface area contributed by atoms with E-state index in [9.17, 15) is 0 Å². The van der Waals surface area contributed by atoms with Crippen LogP contribution in [0.15, 0.2) is 18.2 Å². The number of morpholine rings is 1. The van der Waals surface area contributed by atoms with Gasteiger partial charge in [0.1, 0.15) is 0 Å². The van der Waals surface area contributed by atoms with Crippen LogP contribution in [0, 0.1) is 6.92 Å². The summed E-state index contributed by atoms with van der Waals surface area (Å²) in [6.45, 7) is 12.4. The molecule has 1 aromatic heterocycles. The van der Waals surface area contributed by atoms with Crippen LogP contribution < -0.4 is 0 Å². The van der Waals surface area contributed by atoms with E-state index in [1.807, 2.05) is 0 Å². The molecule has 26 heavy (non-hydrogen) atoms. The average Bonchev–Trinajstić information content (AvgIpc) is 3.08. The van der Waals surface area contributed by atoms with Crippen molar-refractivity contribution in [1.82, 2.24) is 19.7 Å². The van der Waals surface area contributed by atoms with Gasteiger partial charge < -0.3 is 9.64 Å². The normalized spacial score (nSPS) is 28.8. The topological polar surface area (TPSA) is 31.8 Å². The highest BCUT2D eigenvalue weighted by Gasteiger charge is 2.34. The van der Waals surface area contributed by atoms with Crippen LogP contribution in [-0.4, -0.2) is 84.2 Å². The fourth-order valence-corrected chi connectivity index (χ4v) is 4.84. The second-order valence-electron chi connectivity index (χ2n) is 8.19. The van der Waals surface area contributed by atoms with Gasteiger partial charge in [0.15, 0.2) is 0 Å². The van der Waals surface area contributed by atoms with E-state index in [2.05, 4.69) is 44.8 Å². The molecule has 0 spiro atoms. The van der Waals surface area contributed by atoms with E-state index < -0.39 is 0 Å². The highest BCUT2D eigenvalue weighted by atomic mass is 16.5. The number of aryl methyl sites for hydroxylation is 1. The number of nitrogens with zero attached hydrogens (tertiary/aromatic N) is 4. The highest BCUT2D eigenvalue weighted by molar-refractivity contribution is 5.10. The average molecular weight is 359 g/mol. The minimum absolute atomic E-state index is 0.415. The van der Waals surface area contributed by atoms with E-state index in [-0.39, 0.29) is 0 Å². The first-order valence-electron chi connectivity index (χ1n) is 10.5. The van der Waals surface area contributed by atoms with Crippen molar-refractivity contribution in [3.05, 3.63) is 29.6 Å². The molecule has 0 radical (unpaired) electrons. The molecule has 2 atom stereocenters. The SMILES string of the molecule is Cc1cccc(CN2CCC3OCCN(CCN4CCCC4)C3CC2)n1. The number of rotatable bonds is 5. The molecule has 3 fully saturated rings. The molecule has 0 aromatic carbocycles. The van der Waals surface area contributed by atoms with Gasteiger partial charge in [0.05, 0.1) is 18.4 Å². The Morgan fingerprint density at radius 1 is 1.00 bits per heavy atom. The zero-order chi connectivity index (χ0) is 17.8. The lowest BCUT2D eigenvalue weighted by molar-refractivity contribution is -0.0728. The predicted octanol–water partition coefficient (Wildman–Crippen LogP) is 2.15. The van der Waals surface area contributed by atoms with Gasteiger partial charge in [0.25, 0.3) is 0 Å². The molecule has 3 aliphatic heterocycles. The molecule has 3 saturated heterocycles. The summed E-state index contributed by atoms with van der Waals surface area (Å²) in [7, 11) is 0. The van der Waals surface area contributed by atoms with Crippen LogP contribution in [0.4, 0.5) is 0 Å².